The highest BCUT2D eigenvalue weighted by atomic mass is 127. The van der Waals surface area contributed by atoms with E-state index in [0.717, 1.165) is 50.7 Å². The fourth-order valence-corrected chi connectivity index (χ4v) is 2.42. The van der Waals surface area contributed by atoms with Crippen LogP contribution < -0.4 is 10.6 Å². The first kappa shape index (κ1) is 20.2. The van der Waals surface area contributed by atoms with E-state index in [1.54, 1.807) is 13.3 Å². The third-order valence-electron chi connectivity index (χ3n) is 3.74. The summed E-state index contributed by atoms with van der Waals surface area (Å²) in [6.45, 7) is 5.80. The first-order chi connectivity index (χ1) is 10.7. The minimum atomic E-state index is -0.0657. The van der Waals surface area contributed by atoms with Crippen LogP contribution in [0.15, 0.2) is 27.8 Å². The van der Waals surface area contributed by atoms with Crippen molar-refractivity contribution in [1.29, 1.82) is 0 Å². The molecule has 1 aromatic rings. The molecule has 0 bridgehead atoms. The van der Waals surface area contributed by atoms with Gasteiger partial charge in [-0.25, -0.2) is 0 Å². The average molecular weight is 437 g/mol. The highest BCUT2D eigenvalue weighted by Crippen LogP contribution is 2.23. The van der Waals surface area contributed by atoms with Crippen molar-refractivity contribution in [3.05, 3.63) is 24.2 Å². The van der Waals surface area contributed by atoms with Crippen LogP contribution in [0.2, 0.25) is 0 Å². The summed E-state index contributed by atoms with van der Waals surface area (Å²) >= 11 is 0. The molecule has 1 atom stereocenters. The molecule has 0 spiro atoms. The standard InChI is InChI=1S/C16H27N3O3.HI/c1-16(7-4-11-22-16)13-19-15(17-2)18-8-5-9-20-12-14-6-3-10-21-14;/h3,6,10H,4-5,7-9,11-13H2,1-2H3,(H2,17,18,19);1H. The number of hydrogen-bond acceptors (Lipinski definition) is 4. The van der Waals surface area contributed by atoms with E-state index < -0.39 is 0 Å². The van der Waals surface area contributed by atoms with E-state index >= 15 is 0 Å². The van der Waals surface area contributed by atoms with Crippen molar-refractivity contribution in [1.82, 2.24) is 10.6 Å². The van der Waals surface area contributed by atoms with E-state index in [1.165, 1.54) is 0 Å². The van der Waals surface area contributed by atoms with Crippen LogP contribution in [-0.2, 0) is 16.1 Å². The predicted molar refractivity (Wildman–Crippen MR) is 101 cm³/mol. The lowest BCUT2D eigenvalue weighted by Gasteiger charge is -2.24. The third-order valence-corrected chi connectivity index (χ3v) is 3.74. The lowest BCUT2D eigenvalue weighted by Crippen LogP contribution is -2.45. The molecule has 0 aromatic carbocycles. The van der Waals surface area contributed by atoms with Crippen LogP contribution in [0, 0.1) is 0 Å². The quantitative estimate of drug-likeness (QED) is 0.283. The van der Waals surface area contributed by atoms with Gasteiger partial charge in [0.25, 0.3) is 0 Å². The molecule has 2 N–H and O–H groups in total. The number of guanidine groups is 1. The molecule has 7 heteroatoms. The Morgan fingerprint density at radius 1 is 1.43 bits per heavy atom. The normalized spacial score (nSPS) is 21.0. The Kier molecular flexibility index (Phi) is 9.57. The Balaban J connectivity index is 0.00000264. The summed E-state index contributed by atoms with van der Waals surface area (Å²) in [5, 5.41) is 6.61. The summed E-state index contributed by atoms with van der Waals surface area (Å²) in [6, 6.07) is 3.78. The molecular formula is C16H28IN3O3. The molecule has 1 aromatic heterocycles. The lowest BCUT2D eigenvalue weighted by atomic mass is 10.0. The van der Waals surface area contributed by atoms with Crippen molar-refractivity contribution >= 4 is 29.9 Å². The van der Waals surface area contributed by atoms with Gasteiger partial charge >= 0.3 is 0 Å². The van der Waals surface area contributed by atoms with E-state index in [4.69, 9.17) is 13.9 Å². The summed E-state index contributed by atoms with van der Waals surface area (Å²) in [6.07, 6.45) is 4.80. The molecule has 0 aliphatic carbocycles. The second-order valence-electron chi connectivity index (χ2n) is 5.74. The summed E-state index contributed by atoms with van der Waals surface area (Å²) in [5.74, 6) is 1.66. The Hall–Kier alpha value is -0.800. The fourth-order valence-electron chi connectivity index (χ4n) is 2.42. The first-order valence-corrected chi connectivity index (χ1v) is 7.90. The van der Waals surface area contributed by atoms with Gasteiger partial charge in [-0.15, -0.1) is 24.0 Å². The molecule has 2 rings (SSSR count). The molecule has 1 fully saturated rings. The molecule has 1 unspecified atom stereocenters. The van der Waals surface area contributed by atoms with Crippen LogP contribution in [0.3, 0.4) is 0 Å². The zero-order chi connectivity index (χ0) is 15.7. The molecule has 1 aliphatic heterocycles. The zero-order valence-corrected chi connectivity index (χ0v) is 16.3. The average Bonchev–Trinajstić information content (AvgIpc) is 3.18. The number of hydrogen-bond donors (Lipinski definition) is 2. The summed E-state index contributed by atoms with van der Waals surface area (Å²) in [5.41, 5.74) is -0.0657. The SMILES string of the molecule is CN=C(NCCCOCc1ccco1)NCC1(C)CCCO1.I. The van der Waals surface area contributed by atoms with Crippen molar-refractivity contribution in [2.45, 2.75) is 38.4 Å². The van der Waals surface area contributed by atoms with Gasteiger partial charge in [-0.3, -0.25) is 4.99 Å². The second-order valence-corrected chi connectivity index (χ2v) is 5.74. The third kappa shape index (κ3) is 7.54. The maximum absolute atomic E-state index is 5.75. The number of aliphatic imine (C=N–C) groups is 1. The predicted octanol–water partition coefficient (Wildman–Crippen LogP) is 2.54. The Morgan fingerprint density at radius 2 is 2.30 bits per heavy atom. The largest absolute Gasteiger partial charge is 0.467 e. The van der Waals surface area contributed by atoms with Crippen molar-refractivity contribution < 1.29 is 13.9 Å². The van der Waals surface area contributed by atoms with Gasteiger partial charge in [-0.05, 0) is 38.3 Å². The molecule has 132 valence electrons. The van der Waals surface area contributed by atoms with Gasteiger partial charge in [0, 0.05) is 33.4 Å². The van der Waals surface area contributed by atoms with E-state index in [0.29, 0.717) is 13.2 Å². The molecule has 2 heterocycles. The maximum atomic E-state index is 5.75. The zero-order valence-electron chi connectivity index (χ0n) is 14.0. The number of nitrogens with one attached hydrogen (secondary N) is 2. The van der Waals surface area contributed by atoms with Gasteiger partial charge in [0.1, 0.15) is 12.4 Å². The molecule has 0 amide bonds. The van der Waals surface area contributed by atoms with Gasteiger partial charge in [0.05, 0.1) is 11.9 Å². The molecule has 0 radical (unpaired) electrons. The van der Waals surface area contributed by atoms with Gasteiger partial charge in [-0.2, -0.15) is 0 Å². The first-order valence-electron chi connectivity index (χ1n) is 7.90. The highest BCUT2D eigenvalue weighted by Gasteiger charge is 2.29. The van der Waals surface area contributed by atoms with Crippen molar-refractivity contribution in [2.24, 2.45) is 4.99 Å². The summed E-state index contributed by atoms with van der Waals surface area (Å²) in [4.78, 5) is 4.22. The Morgan fingerprint density at radius 3 is 2.96 bits per heavy atom. The number of rotatable bonds is 8. The minimum Gasteiger partial charge on any atom is -0.467 e. The molecule has 0 saturated carbocycles. The molecule has 23 heavy (non-hydrogen) atoms. The van der Waals surface area contributed by atoms with Crippen LogP contribution >= 0.6 is 24.0 Å². The van der Waals surface area contributed by atoms with Crippen LogP contribution in [0.25, 0.3) is 0 Å². The fraction of sp³-hybridized carbons (Fsp3) is 0.688. The highest BCUT2D eigenvalue weighted by molar-refractivity contribution is 14.0. The number of furan rings is 1. The monoisotopic (exact) mass is 437 g/mol. The maximum Gasteiger partial charge on any atom is 0.191 e. The van der Waals surface area contributed by atoms with Gasteiger partial charge in [-0.1, -0.05) is 0 Å². The second kappa shape index (κ2) is 10.9. The number of nitrogens with zero attached hydrogens (tertiary/aromatic N) is 1. The smallest absolute Gasteiger partial charge is 0.191 e. The van der Waals surface area contributed by atoms with Crippen molar-refractivity contribution in [2.75, 3.05) is 33.4 Å². The molecule has 1 saturated heterocycles. The number of halogens is 1. The number of ether oxygens (including phenoxy) is 2. The molecule has 6 nitrogen and oxygen atoms in total. The molecular weight excluding hydrogens is 409 g/mol. The van der Waals surface area contributed by atoms with Gasteiger partial charge in [0.2, 0.25) is 0 Å². The Labute approximate surface area is 155 Å². The van der Waals surface area contributed by atoms with Crippen molar-refractivity contribution in [3.63, 3.8) is 0 Å². The molecule has 1 aliphatic rings. The topological polar surface area (TPSA) is 68.0 Å². The minimum absolute atomic E-state index is 0. The van der Waals surface area contributed by atoms with E-state index in [1.807, 2.05) is 12.1 Å². The summed E-state index contributed by atoms with van der Waals surface area (Å²) < 4.78 is 16.5. The van der Waals surface area contributed by atoms with Gasteiger partial charge < -0.3 is 24.5 Å². The van der Waals surface area contributed by atoms with E-state index in [-0.39, 0.29) is 29.6 Å². The Bertz CT molecular complexity index is 445. The lowest BCUT2D eigenvalue weighted by molar-refractivity contribution is 0.0242. The van der Waals surface area contributed by atoms with Crippen LogP contribution in [0.1, 0.15) is 31.9 Å². The van der Waals surface area contributed by atoms with E-state index in [2.05, 4.69) is 22.5 Å². The van der Waals surface area contributed by atoms with Gasteiger partial charge in [0.15, 0.2) is 5.96 Å². The van der Waals surface area contributed by atoms with E-state index in [9.17, 15) is 0 Å². The van der Waals surface area contributed by atoms with Crippen LogP contribution in [0.4, 0.5) is 0 Å². The van der Waals surface area contributed by atoms with Crippen LogP contribution in [-0.4, -0.2) is 44.9 Å². The van der Waals surface area contributed by atoms with Crippen LogP contribution in [0.5, 0.6) is 0 Å². The van der Waals surface area contributed by atoms with Crippen molar-refractivity contribution in [3.8, 4) is 0 Å². The summed E-state index contributed by atoms with van der Waals surface area (Å²) in [7, 11) is 1.78.